The lowest BCUT2D eigenvalue weighted by Gasteiger charge is -2.16. The van der Waals surface area contributed by atoms with Crippen LogP contribution in [-0.2, 0) is 4.79 Å². The number of hydrogen-bond acceptors (Lipinski definition) is 4. The van der Waals surface area contributed by atoms with E-state index in [0.717, 1.165) is 19.3 Å². The highest BCUT2D eigenvalue weighted by Gasteiger charge is 2.32. The van der Waals surface area contributed by atoms with E-state index in [1.165, 1.54) is 12.1 Å². The van der Waals surface area contributed by atoms with Crippen molar-refractivity contribution in [2.24, 2.45) is 11.8 Å². The van der Waals surface area contributed by atoms with Gasteiger partial charge in [0.15, 0.2) is 0 Å². The zero-order chi connectivity index (χ0) is 13.8. The fraction of sp³-hybridized carbons (Fsp3) is 0.462. The smallest absolute Gasteiger partial charge is 0.306 e. The standard InChI is InChI=1S/C13H16N2O4/c16-13(17)12-6-1-3-9(12)8-14-10-4-2-5-11(7-10)15(18)19/h2,4-5,7,9,12,14H,1,3,6,8H2,(H,16,17). The number of nitrogens with zero attached hydrogens (tertiary/aromatic N) is 1. The predicted molar refractivity (Wildman–Crippen MR) is 70.1 cm³/mol. The Balaban J connectivity index is 1.97. The van der Waals surface area contributed by atoms with Gasteiger partial charge in [-0.05, 0) is 24.8 Å². The highest BCUT2D eigenvalue weighted by atomic mass is 16.6. The summed E-state index contributed by atoms with van der Waals surface area (Å²) in [5, 5.41) is 22.8. The van der Waals surface area contributed by atoms with Crippen molar-refractivity contribution in [1.82, 2.24) is 0 Å². The Morgan fingerprint density at radius 2 is 2.26 bits per heavy atom. The number of carbonyl (C=O) groups is 1. The number of benzene rings is 1. The normalized spacial score (nSPS) is 22.1. The van der Waals surface area contributed by atoms with Crippen LogP contribution in [0.4, 0.5) is 11.4 Å². The van der Waals surface area contributed by atoms with Crippen LogP contribution >= 0.6 is 0 Å². The van der Waals surface area contributed by atoms with Crippen LogP contribution in [0.3, 0.4) is 0 Å². The largest absolute Gasteiger partial charge is 0.481 e. The van der Waals surface area contributed by atoms with Crippen LogP contribution in [0.15, 0.2) is 24.3 Å². The molecule has 0 bridgehead atoms. The van der Waals surface area contributed by atoms with Crippen molar-refractivity contribution < 1.29 is 14.8 Å². The molecule has 0 saturated heterocycles. The third kappa shape index (κ3) is 3.21. The van der Waals surface area contributed by atoms with Crippen molar-refractivity contribution in [3.63, 3.8) is 0 Å². The van der Waals surface area contributed by atoms with Gasteiger partial charge >= 0.3 is 5.97 Å². The molecule has 2 unspecified atom stereocenters. The molecule has 0 radical (unpaired) electrons. The first-order chi connectivity index (χ1) is 9.08. The van der Waals surface area contributed by atoms with Gasteiger partial charge in [-0.2, -0.15) is 0 Å². The van der Waals surface area contributed by atoms with Crippen LogP contribution in [0.5, 0.6) is 0 Å². The predicted octanol–water partition coefficient (Wildman–Crippen LogP) is 2.51. The number of anilines is 1. The minimum atomic E-state index is -0.747. The van der Waals surface area contributed by atoms with E-state index >= 15 is 0 Å². The van der Waals surface area contributed by atoms with Crippen LogP contribution in [0.1, 0.15) is 19.3 Å². The van der Waals surface area contributed by atoms with Crippen molar-refractivity contribution in [1.29, 1.82) is 0 Å². The van der Waals surface area contributed by atoms with Crippen LogP contribution < -0.4 is 5.32 Å². The number of hydrogen-bond donors (Lipinski definition) is 2. The van der Waals surface area contributed by atoms with Gasteiger partial charge in [0.2, 0.25) is 0 Å². The molecule has 1 aromatic rings. The first kappa shape index (κ1) is 13.3. The van der Waals surface area contributed by atoms with Crippen molar-refractivity contribution in [2.75, 3.05) is 11.9 Å². The Bertz CT molecular complexity index is 489. The molecule has 1 fully saturated rings. The number of aliphatic carboxylic acids is 1. The van der Waals surface area contributed by atoms with Gasteiger partial charge in [0, 0.05) is 24.4 Å². The molecule has 1 saturated carbocycles. The molecule has 102 valence electrons. The number of non-ortho nitro benzene ring substituents is 1. The molecule has 1 aliphatic carbocycles. The fourth-order valence-electron chi connectivity index (χ4n) is 2.58. The Labute approximate surface area is 110 Å². The maximum absolute atomic E-state index is 11.0. The van der Waals surface area contributed by atoms with Gasteiger partial charge in [0.25, 0.3) is 5.69 Å². The van der Waals surface area contributed by atoms with Crippen LogP contribution in [-0.4, -0.2) is 22.5 Å². The number of carboxylic acids is 1. The highest BCUT2D eigenvalue weighted by molar-refractivity contribution is 5.70. The lowest BCUT2D eigenvalue weighted by molar-refractivity contribution is -0.384. The van der Waals surface area contributed by atoms with Crippen LogP contribution in [0.25, 0.3) is 0 Å². The van der Waals surface area contributed by atoms with Gasteiger partial charge in [-0.25, -0.2) is 0 Å². The fourth-order valence-corrected chi connectivity index (χ4v) is 2.58. The molecule has 19 heavy (non-hydrogen) atoms. The lowest BCUT2D eigenvalue weighted by Crippen LogP contribution is -2.24. The molecule has 6 nitrogen and oxygen atoms in total. The van der Waals surface area contributed by atoms with Gasteiger partial charge in [0.05, 0.1) is 10.8 Å². The van der Waals surface area contributed by atoms with Crippen LogP contribution in [0.2, 0.25) is 0 Å². The summed E-state index contributed by atoms with van der Waals surface area (Å²) < 4.78 is 0. The molecular formula is C13H16N2O4. The molecule has 0 spiro atoms. The number of nitrogens with one attached hydrogen (secondary N) is 1. The summed E-state index contributed by atoms with van der Waals surface area (Å²) in [6.45, 7) is 0.540. The van der Waals surface area contributed by atoms with Gasteiger partial charge in [-0.3, -0.25) is 14.9 Å². The molecule has 2 N–H and O–H groups in total. The Morgan fingerprint density at radius 3 is 2.95 bits per heavy atom. The molecule has 2 rings (SSSR count). The minimum Gasteiger partial charge on any atom is -0.481 e. The van der Waals surface area contributed by atoms with E-state index in [2.05, 4.69) is 5.32 Å². The highest BCUT2D eigenvalue weighted by Crippen LogP contribution is 2.32. The zero-order valence-electron chi connectivity index (χ0n) is 10.4. The van der Waals surface area contributed by atoms with E-state index in [1.807, 2.05) is 0 Å². The summed E-state index contributed by atoms with van der Waals surface area (Å²) in [5.74, 6) is -0.952. The van der Waals surface area contributed by atoms with Gasteiger partial charge < -0.3 is 10.4 Å². The van der Waals surface area contributed by atoms with E-state index in [-0.39, 0.29) is 17.5 Å². The topological polar surface area (TPSA) is 92.5 Å². The SMILES string of the molecule is O=C(O)C1CCCC1CNc1cccc([N+](=O)[O-])c1. The maximum Gasteiger partial charge on any atom is 0.306 e. The average molecular weight is 264 g/mol. The third-order valence-corrected chi connectivity index (χ3v) is 3.60. The van der Waals surface area contributed by atoms with E-state index in [4.69, 9.17) is 5.11 Å². The van der Waals surface area contributed by atoms with E-state index in [9.17, 15) is 14.9 Å². The first-order valence-electron chi connectivity index (χ1n) is 6.29. The number of nitro groups is 1. The molecule has 6 heteroatoms. The Kier molecular flexibility index (Phi) is 3.99. The summed E-state index contributed by atoms with van der Waals surface area (Å²) in [7, 11) is 0. The molecular weight excluding hydrogens is 248 g/mol. The zero-order valence-corrected chi connectivity index (χ0v) is 10.4. The second-order valence-electron chi connectivity index (χ2n) is 4.82. The summed E-state index contributed by atoms with van der Waals surface area (Å²) >= 11 is 0. The number of rotatable bonds is 5. The number of carboxylic acid groups (broad SMARTS) is 1. The summed E-state index contributed by atoms with van der Waals surface area (Å²) in [4.78, 5) is 21.3. The second-order valence-corrected chi connectivity index (χ2v) is 4.82. The summed E-state index contributed by atoms with van der Waals surface area (Å²) in [6.07, 6.45) is 2.54. The minimum absolute atomic E-state index is 0.0335. The third-order valence-electron chi connectivity index (χ3n) is 3.60. The van der Waals surface area contributed by atoms with Gasteiger partial charge in [-0.1, -0.05) is 12.5 Å². The monoisotopic (exact) mass is 264 g/mol. The molecule has 2 atom stereocenters. The first-order valence-corrected chi connectivity index (χ1v) is 6.29. The quantitative estimate of drug-likeness (QED) is 0.629. The second kappa shape index (κ2) is 5.69. The lowest BCUT2D eigenvalue weighted by atomic mass is 9.96. The molecule has 0 heterocycles. The maximum atomic E-state index is 11.0. The average Bonchev–Trinajstić information content (AvgIpc) is 2.85. The summed E-state index contributed by atoms with van der Waals surface area (Å²) in [5.41, 5.74) is 0.691. The van der Waals surface area contributed by atoms with Gasteiger partial charge in [-0.15, -0.1) is 0 Å². The van der Waals surface area contributed by atoms with Crippen molar-refractivity contribution >= 4 is 17.3 Å². The van der Waals surface area contributed by atoms with E-state index in [0.29, 0.717) is 12.2 Å². The molecule has 1 aromatic carbocycles. The Morgan fingerprint density at radius 1 is 1.47 bits per heavy atom. The van der Waals surface area contributed by atoms with Crippen LogP contribution in [0, 0.1) is 22.0 Å². The molecule has 0 aromatic heterocycles. The molecule has 0 aliphatic heterocycles. The Hall–Kier alpha value is -2.11. The molecule has 1 aliphatic rings. The van der Waals surface area contributed by atoms with E-state index < -0.39 is 10.9 Å². The van der Waals surface area contributed by atoms with Gasteiger partial charge in [0.1, 0.15) is 0 Å². The van der Waals surface area contributed by atoms with Crippen molar-refractivity contribution in [2.45, 2.75) is 19.3 Å². The number of nitro benzene ring substituents is 1. The van der Waals surface area contributed by atoms with Crippen molar-refractivity contribution in [3.05, 3.63) is 34.4 Å². The van der Waals surface area contributed by atoms with Crippen molar-refractivity contribution in [3.8, 4) is 0 Å². The summed E-state index contributed by atoms with van der Waals surface area (Å²) in [6, 6.07) is 6.26. The van der Waals surface area contributed by atoms with E-state index in [1.54, 1.807) is 12.1 Å². The molecule has 0 amide bonds.